The maximum atomic E-state index is 12.3. The van der Waals surface area contributed by atoms with Gasteiger partial charge in [-0.3, -0.25) is 14.5 Å². The summed E-state index contributed by atoms with van der Waals surface area (Å²) >= 11 is 0. The lowest BCUT2D eigenvalue weighted by molar-refractivity contribution is -0.121. The number of nitrogens with zero attached hydrogens (tertiary/aromatic N) is 2. The zero-order valence-electron chi connectivity index (χ0n) is 15.5. The first kappa shape index (κ1) is 19.5. The monoisotopic (exact) mass is 356 g/mol. The number of amides is 1. The van der Waals surface area contributed by atoms with Crippen molar-refractivity contribution in [2.45, 2.75) is 32.7 Å². The van der Waals surface area contributed by atoms with Crippen LogP contribution in [0.3, 0.4) is 0 Å². The summed E-state index contributed by atoms with van der Waals surface area (Å²) in [5, 5.41) is 12.0. The van der Waals surface area contributed by atoms with E-state index in [4.69, 9.17) is 9.68 Å². The third-order valence-corrected chi connectivity index (χ3v) is 4.51. The molecule has 0 spiro atoms. The van der Waals surface area contributed by atoms with E-state index in [9.17, 15) is 9.59 Å². The maximum absolute atomic E-state index is 12.3. The first-order valence-corrected chi connectivity index (χ1v) is 8.44. The number of nitriles is 1. The summed E-state index contributed by atoms with van der Waals surface area (Å²) in [6, 6.07) is 5.58. The number of pyridine rings is 1. The van der Waals surface area contributed by atoms with Crippen LogP contribution in [-0.2, 0) is 11.2 Å². The molecule has 0 bridgehead atoms. The third-order valence-electron chi connectivity index (χ3n) is 4.51. The minimum Gasteiger partial charge on any atom is -0.468 e. The number of hydrogen-bond acceptors (Lipinski definition) is 5. The number of nitrogens with one attached hydrogen (secondary N) is 2. The fourth-order valence-corrected chi connectivity index (χ4v) is 2.98. The highest BCUT2D eigenvalue weighted by Gasteiger charge is 2.18. The van der Waals surface area contributed by atoms with Crippen LogP contribution < -0.4 is 10.9 Å². The van der Waals surface area contributed by atoms with Crippen LogP contribution in [0, 0.1) is 25.2 Å². The summed E-state index contributed by atoms with van der Waals surface area (Å²) in [7, 11) is 3.85. The molecule has 0 aliphatic carbocycles. The summed E-state index contributed by atoms with van der Waals surface area (Å²) in [6.07, 6.45) is 2.35. The van der Waals surface area contributed by atoms with Gasteiger partial charge in [0.1, 0.15) is 17.4 Å². The summed E-state index contributed by atoms with van der Waals surface area (Å²) in [5.74, 6) is 0.702. The van der Waals surface area contributed by atoms with Crippen molar-refractivity contribution in [2.75, 3.05) is 20.6 Å². The standard InChI is InChI=1S/C19H24N4O3/c1-12-14(13(2)22-19(25)15(12)10-20)7-8-18(24)21-11-16(23(3)4)17-6-5-9-26-17/h5-6,9,16H,7-8,11H2,1-4H3,(H,21,24)(H,22,25)/t16-/m1/s1. The second-order valence-electron chi connectivity index (χ2n) is 6.47. The zero-order chi connectivity index (χ0) is 19.3. The first-order valence-electron chi connectivity index (χ1n) is 8.44. The Kier molecular flexibility index (Phi) is 6.36. The van der Waals surface area contributed by atoms with E-state index in [1.165, 1.54) is 0 Å². The predicted molar refractivity (Wildman–Crippen MR) is 97.7 cm³/mol. The van der Waals surface area contributed by atoms with Gasteiger partial charge >= 0.3 is 0 Å². The maximum Gasteiger partial charge on any atom is 0.266 e. The smallest absolute Gasteiger partial charge is 0.266 e. The van der Waals surface area contributed by atoms with Gasteiger partial charge in [0.15, 0.2) is 0 Å². The van der Waals surface area contributed by atoms with E-state index in [1.807, 2.05) is 37.2 Å². The number of likely N-dealkylation sites (N-methyl/N-ethyl adjacent to an activating group) is 1. The van der Waals surface area contributed by atoms with E-state index >= 15 is 0 Å². The van der Waals surface area contributed by atoms with Crippen molar-refractivity contribution in [3.63, 3.8) is 0 Å². The van der Waals surface area contributed by atoms with Gasteiger partial charge in [0.2, 0.25) is 5.91 Å². The lowest BCUT2D eigenvalue weighted by Crippen LogP contribution is -2.34. The molecule has 0 aliphatic heterocycles. The average molecular weight is 356 g/mol. The Morgan fingerprint density at radius 1 is 1.42 bits per heavy atom. The van der Waals surface area contributed by atoms with Crippen LogP contribution in [0.1, 0.15) is 40.6 Å². The molecule has 2 heterocycles. The lowest BCUT2D eigenvalue weighted by atomic mass is 9.99. The fraction of sp³-hybridized carbons (Fsp3) is 0.421. The van der Waals surface area contributed by atoms with E-state index in [2.05, 4.69) is 10.3 Å². The van der Waals surface area contributed by atoms with Crippen molar-refractivity contribution >= 4 is 5.91 Å². The van der Waals surface area contributed by atoms with Crippen molar-refractivity contribution < 1.29 is 9.21 Å². The quantitative estimate of drug-likeness (QED) is 0.788. The largest absolute Gasteiger partial charge is 0.468 e. The number of aryl methyl sites for hydroxylation is 1. The normalized spacial score (nSPS) is 12.0. The molecule has 0 saturated heterocycles. The minimum absolute atomic E-state index is 0.0457. The Morgan fingerprint density at radius 2 is 2.15 bits per heavy atom. The van der Waals surface area contributed by atoms with Crippen LogP contribution in [0.25, 0.3) is 0 Å². The van der Waals surface area contributed by atoms with Crippen molar-refractivity contribution in [2.24, 2.45) is 0 Å². The molecule has 0 radical (unpaired) electrons. The second kappa shape index (κ2) is 8.50. The number of aromatic amines is 1. The molecule has 0 aromatic carbocycles. The Labute approximate surface area is 152 Å². The number of carbonyl (C=O) groups is 1. The molecule has 0 saturated carbocycles. The molecule has 0 fully saturated rings. The van der Waals surface area contributed by atoms with Gasteiger partial charge in [0.25, 0.3) is 5.56 Å². The number of H-pyrrole nitrogens is 1. The summed E-state index contributed by atoms with van der Waals surface area (Å²) < 4.78 is 5.43. The molecule has 7 nitrogen and oxygen atoms in total. The van der Waals surface area contributed by atoms with Gasteiger partial charge in [0.05, 0.1) is 12.3 Å². The fourth-order valence-electron chi connectivity index (χ4n) is 2.98. The van der Waals surface area contributed by atoms with Gasteiger partial charge < -0.3 is 14.7 Å². The van der Waals surface area contributed by atoms with Crippen LogP contribution in [-0.4, -0.2) is 36.4 Å². The van der Waals surface area contributed by atoms with E-state index in [-0.39, 0.29) is 29.5 Å². The molecule has 1 amide bonds. The zero-order valence-corrected chi connectivity index (χ0v) is 15.5. The molecule has 2 N–H and O–H groups in total. The number of furan rings is 1. The highest BCUT2D eigenvalue weighted by molar-refractivity contribution is 5.76. The minimum atomic E-state index is -0.386. The van der Waals surface area contributed by atoms with Crippen molar-refractivity contribution in [3.8, 4) is 6.07 Å². The average Bonchev–Trinajstić information content (AvgIpc) is 3.08. The summed E-state index contributed by atoms with van der Waals surface area (Å²) in [4.78, 5) is 28.7. The highest BCUT2D eigenvalue weighted by Crippen LogP contribution is 2.18. The molecule has 1 atom stereocenters. The molecule has 2 rings (SSSR count). The van der Waals surface area contributed by atoms with E-state index < -0.39 is 0 Å². The molecule has 2 aromatic heterocycles. The Balaban J connectivity index is 1.99. The van der Waals surface area contributed by atoms with Gasteiger partial charge in [0, 0.05) is 18.7 Å². The number of rotatable bonds is 7. The number of carbonyl (C=O) groups excluding carboxylic acids is 1. The Hall–Kier alpha value is -2.85. The van der Waals surface area contributed by atoms with Crippen molar-refractivity contribution in [1.29, 1.82) is 5.26 Å². The van der Waals surface area contributed by atoms with E-state index in [0.29, 0.717) is 24.2 Å². The molecule has 0 aliphatic rings. The lowest BCUT2D eigenvalue weighted by Gasteiger charge is -2.22. The molecular formula is C19H24N4O3. The molecule has 2 aromatic rings. The van der Waals surface area contributed by atoms with Crippen molar-refractivity contribution in [1.82, 2.24) is 15.2 Å². The van der Waals surface area contributed by atoms with Gasteiger partial charge in [-0.25, -0.2) is 0 Å². The molecule has 26 heavy (non-hydrogen) atoms. The third kappa shape index (κ3) is 4.41. The van der Waals surface area contributed by atoms with Crippen LogP contribution in [0.2, 0.25) is 0 Å². The van der Waals surface area contributed by atoms with Gasteiger partial charge in [-0.2, -0.15) is 5.26 Å². The van der Waals surface area contributed by atoms with E-state index in [0.717, 1.165) is 11.3 Å². The van der Waals surface area contributed by atoms with Crippen LogP contribution in [0.4, 0.5) is 0 Å². The Bertz CT molecular complexity index is 860. The molecular weight excluding hydrogens is 332 g/mol. The Morgan fingerprint density at radius 3 is 2.73 bits per heavy atom. The molecule has 0 unspecified atom stereocenters. The molecule has 7 heteroatoms. The highest BCUT2D eigenvalue weighted by atomic mass is 16.3. The summed E-state index contributed by atoms with van der Waals surface area (Å²) in [6.45, 7) is 3.96. The predicted octanol–water partition coefficient (Wildman–Crippen LogP) is 1.81. The first-order chi connectivity index (χ1) is 12.3. The summed E-state index contributed by atoms with van der Waals surface area (Å²) in [5.41, 5.74) is 1.90. The van der Waals surface area contributed by atoms with Crippen LogP contribution in [0.5, 0.6) is 0 Å². The van der Waals surface area contributed by atoms with Crippen molar-refractivity contribution in [3.05, 3.63) is 56.9 Å². The molecule has 138 valence electrons. The second-order valence-corrected chi connectivity index (χ2v) is 6.47. The SMILES string of the molecule is Cc1[nH]c(=O)c(C#N)c(C)c1CCC(=O)NC[C@H](c1ccco1)N(C)C. The number of hydrogen-bond donors (Lipinski definition) is 2. The van der Waals surface area contributed by atoms with Gasteiger partial charge in [-0.15, -0.1) is 0 Å². The van der Waals surface area contributed by atoms with E-state index in [1.54, 1.807) is 20.1 Å². The van der Waals surface area contributed by atoms with Crippen LogP contribution >= 0.6 is 0 Å². The van der Waals surface area contributed by atoms with Gasteiger partial charge in [-0.1, -0.05) is 0 Å². The topological polar surface area (TPSA) is 102 Å². The number of aromatic nitrogens is 1. The van der Waals surface area contributed by atoms with Crippen LogP contribution in [0.15, 0.2) is 27.6 Å². The van der Waals surface area contributed by atoms with Gasteiger partial charge in [-0.05, 0) is 57.6 Å².